The summed E-state index contributed by atoms with van der Waals surface area (Å²) < 4.78 is 72.7. The van der Waals surface area contributed by atoms with Crippen molar-refractivity contribution >= 4 is 43.3 Å². The second-order valence-electron chi connectivity index (χ2n) is 11.9. The van der Waals surface area contributed by atoms with Gasteiger partial charge in [0.05, 0.1) is 15.2 Å². The quantitative estimate of drug-likeness (QED) is 0.165. The van der Waals surface area contributed by atoms with Gasteiger partial charge in [-0.25, -0.2) is 16.8 Å². The van der Waals surface area contributed by atoms with Gasteiger partial charge in [-0.1, -0.05) is 19.9 Å². The molecule has 0 bridgehead atoms. The SMILES string of the molecule is CCN1/C(=C\C=C\C2=[N+](CCCCCC(=O)O)c3ccc(S(=O)(=O)[O-])cc3C2(C)C)C(C)(C)c2cc(S(=O)(=O)[O-])ccc21.[Na+]. The Morgan fingerprint density at radius 3 is 2.07 bits per heavy atom. The Balaban J connectivity index is 0.00000529. The van der Waals surface area contributed by atoms with Gasteiger partial charge in [0.15, 0.2) is 5.71 Å². The van der Waals surface area contributed by atoms with Gasteiger partial charge in [0.25, 0.3) is 0 Å². The van der Waals surface area contributed by atoms with Crippen LogP contribution in [0.2, 0.25) is 0 Å². The smallest absolute Gasteiger partial charge is 0.744 e. The van der Waals surface area contributed by atoms with Crippen LogP contribution in [0.3, 0.4) is 0 Å². The summed E-state index contributed by atoms with van der Waals surface area (Å²) in [6.45, 7) is 11.0. The van der Waals surface area contributed by atoms with Gasteiger partial charge in [-0.05, 0) is 75.6 Å². The van der Waals surface area contributed by atoms with E-state index in [0.29, 0.717) is 37.9 Å². The number of unbranched alkanes of at least 4 members (excludes halogenated alkanes) is 2. The Morgan fingerprint density at radius 2 is 1.50 bits per heavy atom. The average molecular weight is 653 g/mol. The monoisotopic (exact) mass is 652 g/mol. The molecule has 0 fully saturated rings. The van der Waals surface area contributed by atoms with Gasteiger partial charge in [0, 0.05) is 53.9 Å². The molecule has 2 aliphatic heterocycles. The van der Waals surface area contributed by atoms with Gasteiger partial charge in [-0.15, -0.1) is 0 Å². The molecule has 2 aromatic rings. The van der Waals surface area contributed by atoms with Crippen LogP contribution in [0.15, 0.2) is 70.1 Å². The number of anilines is 1. The summed E-state index contributed by atoms with van der Waals surface area (Å²) in [5.74, 6) is -0.841. The van der Waals surface area contributed by atoms with Crippen LogP contribution in [0.25, 0.3) is 0 Å². The normalized spacial score (nSPS) is 18.1. The zero-order valence-corrected chi connectivity index (χ0v) is 29.6. The van der Waals surface area contributed by atoms with Crippen LogP contribution in [-0.2, 0) is 35.9 Å². The predicted octanol–water partition coefficient (Wildman–Crippen LogP) is 1.78. The number of carboxylic acid groups (broad SMARTS) is 1. The molecule has 0 unspecified atom stereocenters. The first kappa shape index (κ1) is 36.2. The Bertz CT molecular complexity index is 1780. The molecule has 232 valence electrons. The summed E-state index contributed by atoms with van der Waals surface area (Å²) >= 11 is 0. The Kier molecular flexibility index (Phi) is 10.8. The van der Waals surface area contributed by atoms with E-state index in [1.54, 1.807) is 12.1 Å². The number of carboxylic acids is 1. The van der Waals surface area contributed by atoms with E-state index >= 15 is 0 Å². The number of hydrogen-bond acceptors (Lipinski definition) is 8. The van der Waals surface area contributed by atoms with Gasteiger partial charge in [-0.2, -0.15) is 4.58 Å². The van der Waals surface area contributed by atoms with Crippen molar-refractivity contribution in [3.63, 3.8) is 0 Å². The number of likely N-dealkylation sites (N-methyl/N-ethyl adjacent to an activating group) is 1. The largest absolute Gasteiger partial charge is 1.00 e. The number of benzene rings is 2. The first-order valence-electron chi connectivity index (χ1n) is 14.1. The molecule has 0 radical (unpaired) electrons. The molecule has 2 aliphatic rings. The van der Waals surface area contributed by atoms with Crippen LogP contribution >= 0.6 is 0 Å². The fourth-order valence-corrected chi connectivity index (χ4v) is 7.15. The number of nitrogens with zero attached hydrogens (tertiary/aromatic N) is 2. The summed E-state index contributed by atoms with van der Waals surface area (Å²) in [7, 11) is -9.27. The van der Waals surface area contributed by atoms with E-state index < -0.39 is 37.0 Å². The Morgan fingerprint density at radius 1 is 0.909 bits per heavy atom. The zero-order chi connectivity index (χ0) is 32.0. The molecule has 0 amide bonds. The summed E-state index contributed by atoms with van der Waals surface area (Å²) in [5, 5.41) is 8.98. The second kappa shape index (κ2) is 13.2. The van der Waals surface area contributed by atoms with Crippen molar-refractivity contribution in [3.8, 4) is 0 Å². The molecule has 0 atom stereocenters. The minimum atomic E-state index is -4.65. The van der Waals surface area contributed by atoms with E-state index in [4.69, 9.17) is 5.11 Å². The van der Waals surface area contributed by atoms with Crippen molar-refractivity contribution < 1.29 is 70.0 Å². The van der Waals surface area contributed by atoms with Gasteiger partial charge in [0.1, 0.15) is 26.8 Å². The molecule has 0 spiro atoms. The first-order valence-corrected chi connectivity index (χ1v) is 17.0. The number of aliphatic carboxylic acids is 1. The van der Waals surface area contributed by atoms with E-state index in [2.05, 4.69) is 9.48 Å². The molecular formula is C31H37N2NaO8S2. The van der Waals surface area contributed by atoms with E-state index in [0.717, 1.165) is 28.3 Å². The van der Waals surface area contributed by atoms with E-state index in [1.165, 1.54) is 24.3 Å². The molecule has 13 heteroatoms. The van der Waals surface area contributed by atoms with E-state index in [9.17, 15) is 30.7 Å². The number of allylic oxidation sites excluding steroid dienone is 4. The molecule has 0 saturated carbocycles. The molecule has 44 heavy (non-hydrogen) atoms. The van der Waals surface area contributed by atoms with Crippen molar-refractivity contribution in [2.24, 2.45) is 0 Å². The summed E-state index contributed by atoms with van der Waals surface area (Å²) in [6, 6.07) is 8.84. The topological polar surface area (TPSA) is 158 Å². The van der Waals surface area contributed by atoms with Crippen molar-refractivity contribution in [2.75, 3.05) is 18.0 Å². The van der Waals surface area contributed by atoms with Crippen LogP contribution in [-0.4, -0.2) is 60.4 Å². The molecule has 10 nitrogen and oxygen atoms in total. The van der Waals surface area contributed by atoms with Crippen molar-refractivity contribution in [1.82, 2.24) is 0 Å². The van der Waals surface area contributed by atoms with Gasteiger partial charge in [-0.3, -0.25) is 4.79 Å². The average Bonchev–Trinajstić information content (AvgIpc) is 3.25. The molecule has 0 aromatic heterocycles. The van der Waals surface area contributed by atoms with E-state index in [1.807, 2.05) is 52.8 Å². The number of fused-ring (bicyclic) bond motifs is 2. The van der Waals surface area contributed by atoms with Crippen molar-refractivity contribution in [3.05, 3.63) is 71.5 Å². The standard InChI is InChI=1S/C31H38N2O8S2.Na/c1-6-32-25-16-14-21(42(36,37)38)19-23(25)30(2,3)27(32)11-10-12-28-31(4,5)24-20-22(43(39,40)41)15-17-26(24)33(28)18-9-7-8-13-29(34)35;/h10-12,14-17,19-20H,6-9,13,18H2,1-5H3,(H2-,34,35,36,37,38,39,40,41);/q;+1/p-1. The second-order valence-corrected chi connectivity index (χ2v) is 14.7. The predicted molar refractivity (Wildman–Crippen MR) is 161 cm³/mol. The Hall–Kier alpha value is -2.32. The molecular weight excluding hydrogens is 615 g/mol. The third kappa shape index (κ3) is 7.06. The van der Waals surface area contributed by atoms with Crippen molar-refractivity contribution in [2.45, 2.75) is 80.9 Å². The summed E-state index contributed by atoms with van der Waals surface area (Å²) in [6.07, 6.45) is 7.86. The van der Waals surface area contributed by atoms with Crippen LogP contribution in [0, 0.1) is 0 Å². The number of carbonyl (C=O) groups is 1. The van der Waals surface area contributed by atoms with Crippen LogP contribution in [0.5, 0.6) is 0 Å². The van der Waals surface area contributed by atoms with Gasteiger partial charge in [0.2, 0.25) is 5.69 Å². The van der Waals surface area contributed by atoms with Gasteiger partial charge >= 0.3 is 35.5 Å². The molecule has 0 aliphatic carbocycles. The molecule has 1 N–H and O–H groups in total. The maximum atomic E-state index is 11.8. The molecule has 2 aromatic carbocycles. The Labute approximate surface area is 282 Å². The molecule has 0 saturated heterocycles. The number of hydrogen-bond donors (Lipinski definition) is 1. The number of rotatable bonds is 11. The first-order chi connectivity index (χ1) is 19.9. The van der Waals surface area contributed by atoms with Crippen LogP contribution in [0.1, 0.15) is 71.4 Å². The fraction of sp³-hybridized carbons (Fsp3) is 0.419. The molecule has 4 rings (SSSR count). The zero-order valence-electron chi connectivity index (χ0n) is 26.0. The van der Waals surface area contributed by atoms with Crippen LogP contribution in [0.4, 0.5) is 11.4 Å². The van der Waals surface area contributed by atoms with Crippen LogP contribution < -0.4 is 34.5 Å². The third-order valence-electron chi connectivity index (χ3n) is 8.40. The third-order valence-corrected chi connectivity index (χ3v) is 10.1. The minimum Gasteiger partial charge on any atom is -0.744 e. The summed E-state index contributed by atoms with van der Waals surface area (Å²) in [5.41, 5.74) is 3.61. The fourth-order valence-electron chi connectivity index (χ4n) is 6.16. The molecule has 2 heterocycles. The maximum Gasteiger partial charge on any atom is 1.00 e. The van der Waals surface area contributed by atoms with Crippen molar-refractivity contribution in [1.29, 1.82) is 0 Å². The maximum absolute atomic E-state index is 11.8. The summed E-state index contributed by atoms with van der Waals surface area (Å²) in [4.78, 5) is 12.4. The van der Waals surface area contributed by atoms with E-state index in [-0.39, 0.29) is 45.8 Å². The van der Waals surface area contributed by atoms with Gasteiger partial charge < -0.3 is 19.1 Å². The minimum absolute atomic E-state index is 0.